The van der Waals surface area contributed by atoms with Gasteiger partial charge in [-0.25, -0.2) is 0 Å². The highest BCUT2D eigenvalue weighted by atomic mass is 16.5. The average Bonchev–Trinajstić information content (AvgIpc) is 2.32. The molecule has 2 nitrogen and oxygen atoms in total. The molecule has 0 aliphatic rings. The number of rotatable bonds is 4. The minimum Gasteiger partial charge on any atom is -0.488 e. The van der Waals surface area contributed by atoms with Crippen molar-refractivity contribution in [1.82, 2.24) is 0 Å². The molecule has 0 saturated carbocycles. The first-order chi connectivity index (χ1) is 8.55. The zero-order chi connectivity index (χ0) is 13.0. The molecule has 2 aromatic rings. The predicted molar refractivity (Wildman–Crippen MR) is 75.7 cm³/mol. The maximum Gasteiger partial charge on any atom is 0.120 e. The molecule has 0 bridgehead atoms. The Kier molecular flexibility index (Phi) is 3.56. The van der Waals surface area contributed by atoms with Gasteiger partial charge in [0.1, 0.15) is 11.4 Å². The summed E-state index contributed by atoms with van der Waals surface area (Å²) in [5.41, 5.74) is 7.45. The van der Waals surface area contributed by atoms with Crippen molar-refractivity contribution < 1.29 is 4.74 Å². The Balaban J connectivity index is 2.05. The Hall–Kier alpha value is -1.96. The van der Waals surface area contributed by atoms with Crippen LogP contribution in [0.25, 0.3) is 0 Å². The zero-order valence-electron chi connectivity index (χ0n) is 10.9. The summed E-state index contributed by atoms with van der Waals surface area (Å²) in [6.07, 6.45) is 0.873. The van der Waals surface area contributed by atoms with Crippen LogP contribution in [-0.4, -0.2) is 5.60 Å². The van der Waals surface area contributed by atoms with Crippen LogP contribution in [0, 0.1) is 0 Å². The van der Waals surface area contributed by atoms with Crippen molar-refractivity contribution in [3.05, 3.63) is 60.2 Å². The van der Waals surface area contributed by atoms with Gasteiger partial charge in [-0.3, -0.25) is 0 Å². The molecule has 2 rings (SSSR count). The second-order valence-corrected chi connectivity index (χ2v) is 5.09. The van der Waals surface area contributed by atoms with Crippen molar-refractivity contribution in [3.8, 4) is 5.75 Å². The Bertz CT molecular complexity index is 488. The molecule has 0 spiro atoms. The average molecular weight is 241 g/mol. The lowest BCUT2D eigenvalue weighted by atomic mass is 9.98. The Morgan fingerprint density at radius 2 is 1.56 bits per heavy atom. The number of hydrogen-bond acceptors (Lipinski definition) is 2. The molecule has 0 aromatic heterocycles. The Labute approximate surface area is 108 Å². The summed E-state index contributed by atoms with van der Waals surface area (Å²) in [5.74, 6) is 0.852. The van der Waals surface area contributed by atoms with Gasteiger partial charge in [-0.2, -0.15) is 0 Å². The van der Waals surface area contributed by atoms with Crippen LogP contribution < -0.4 is 10.5 Å². The van der Waals surface area contributed by atoms with Gasteiger partial charge in [0.25, 0.3) is 0 Å². The highest BCUT2D eigenvalue weighted by molar-refractivity contribution is 5.41. The van der Waals surface area contributed by atoms with E-state index in [0.717, 1.165) is 17.9 Å². The molecule has 0 amide bonds. The second-order valence-electron chi connectivity index (χ2n) is 5.09. The Morgan fingerprint density at radius 1 is 0.944 bits per heavy atom. The van der Waals surface area contributed by atoms with Crippen LogP contribution in [0.5, 0.6) is 5.75 Å². The van der Waals surface area contributed by atoms with Gasteiger partial charge in [0.05, 0.1) is 0 Å². The predicted octanol–water partition coefficient (Wildman–Crippen LogP) is 3.67. The van der Waals surface area contributed by atoms with Crippen LogP contribution in [0.3, 0.4) is 0 Å². The van der Waals surface area contributed by atoms with Gasteiger partial charge in [0, 0.05) is 12.1 Å². The molecule has 0 heterocycles. The molecule has 2 heteroatoms. The lowest BCUT2D eigenvalue weighted by molar-refractivity contribution is 0.110. The van der Waals surface area contributed by atoms with E-state index in [4.69, 9.17) is 10.5 Å². The lowest BCUT2D eigenvalue weighted by Gasteiger charge is -2.26. The number of anilines is 1. The van der Waals surface area contributed by atoms with Gasteiger partial charge in [-0.05, 0) is 43.7 Å². The van der Waals surface area contributed by atoms with Crippen LogP contribution in [-0.2, 0) is 6.42 Å². The van der Waals surface area contributed by atoms with Gasteiger partial charge < -0.3 is 10.5 Å². The van der Waals surface area contributed by atoms with Crippen molar-refractivity contribution in [2.24, 2.45) is 0 Å². The highest BCUT2D eigenvalue weighted by Gasteiger charge is 2.20. The molecule has 0 saturated heterocycles. The van der Waals surface area contributed by atoms with Crippen LogP contribution in [0.1, 0.15) is 19.4 Å². The molecule has 0 fully saturated rings. The van der Waals surface area contributed by atoms with Crippen molar-refractivity contribution in [1.29, 1.82) is 0 Å². The van der Waals surface area contributed by atoms with Gasteiger partial charge in [0.15, 0.2) is 0 Å². The van der Waals surface area contributed by atoms with E-state index in [1.54, 1.807) is 0 Å². The van der Waals surface area contributed by atoms with Crippen molar-refractivity contribution in [2.75, 3.05) is 5.73 Å². The summed E-state index contributed by atoms with van der Waals surface area (Å²) in [6.45, 7) is 4.19. The largest absolute Gasteiger partial charge is 0.488 e. The SMILES string of the molecule is CC(C)(Cc1ccccc1)Oc1ccc(N)cc1. The standard InChI is InChI=1S/C16H19NO/c1-16(2,12-13-6-4-3-5-7-13)18-15-10-8-14(17)9-11-15/h3-11H,12,17H2,1-2H3. The maximum absolute atomic E-state index is 6.01. The second kappa shape index (κ2) is 5.13. The number of nitrogens with two attached hydrogens (primary N) is 1. The first-order valence-electron chi connectivity index (χ1n) is 6.14. The molecule has 0 unspecified atom stereocenters. The van der Waals surface area contributed by atoms with Crippen LogP contribution in [0.4, 0.5) is 5.69 Å². The molecule has 0 radical (unpaired) electrons. The van der Waals surface area contributed by atoms with Crippen molar-refractivity contribution in [2.45, 2.75) is 25.9 Å². The van der Waals surface area contributed by atoms with Crippen LogP contribution in [0.15, 0.2) is 54.6 Å². The first-order valence-corrected chi connectivity index (χ1v) is 6.14. The minimum atomic E-state index is -0.239. The Morgan fingerprint density at radius 3 is 2.17 bits per heavy atom. The molecule has 94 valence electrons. The van der Waals surface area contributed by atoms with Crippen molar-refractivity contribution >= 4 is 5.69 Å². The zero-order valence-corrected chi connectivity index (χ0v) is 10.9. The van der Waals surface area contributed by atoms with Gasteiger partial charge >= 0.3 is 0 Å². The minimum absolute atomic E-state index is 0.239. The van der Waals surface area contributed by atoms with E-state index in [0.29, 0.717) is 0 Å². The third kappa shape index (κ3) is 3.52. The number of hydrogen-bond donors (Lipinski definition) is 1. The molecule has 0 aliphatic carbocycles. The summed E-state index contributed by atoms with van der Waals surface area (Å²) < 4.78 is 6.01. The topological polar surface area (TPSA) is 35.2 Å². The van der Waals surface area contributed by atoms with E-state index in [-0.39, 0.29) is 5.60 Å². The summed E-state index contributed by atoms with van der Waals surface area (Å²) in [5, 5.41) is 0. The number of nitrogen functional groups attached to an aromatic ring is 1. The van der Waals surface area contributed by atoms with E-state index in [1.807, 2.05) is 30.3 Å². The highest BCUT2D eigenvalue weighted by Crippen LogP contribution is 2.22. The van der Waals surface area contributed by atoms with Gasteiger partial charge in [-0.15, -0.1) is 0 Å². The van der Waals surface area contributed by atoms with E-state index >= 15 is 0 Å². The fourth-order valence-electron chi connectivity index (χ4n) is 1.98. The summed E-state index contributed by atoms with van der Waals surface area (Å²) in [4.78, 5) is 0. The summed E-state index contributed by atoms with van der Waals surface area (Å²) in [7, 11) is 0. The molecule has 18 heavy (non-hydrogen) atoms. The fraction of sp³-hybridized carbons (Fsp3) is 0.250. The maximum atomic E-state index is 6.01. The van der Waals surface area contributed by atoms with Gasteiger partial charge in [0.2, 0.25) is 0 Å². The van der Waals surface area contributed by atoms with E-state index in [9.17, 15) is 0 Å². The third-order valence-corrected chi connectivity index (χ3v) is 2.75. The van der Waals surface area contributed by atoms with Crippen LogP contribution >= 0.6 is 0 Å². The van der Waals surface area contributed by atoms with E-state index in [2.05, 4.69) is 38.1 Å². The molecular weight excluding hydrogens is 222 g/mol. The summed E-state index contributed by atoms with van der Waals surface area (Å²) >= 11 is 0. The molecule has 0 aliphatic heterocycles. The number of benzene rings is 2. The molecule has 2 aromatic carbocycles. The van der Waals surface area contributed by atoms with Crippen LogP contribution in [0.2, 0.25) is 0 Å². The number of ether oxygens (including phenoxy) is 1. The fourth-order valence-corrected chi connectivity index (χ4v) is 1.98. The molecule has 2 N–H and O–H groups in total. The lowest BCUT2D eigenvalue weighted by Crippen LogP contribution is -2.30. The third-order valence-electron chi connectivity index (χ3n) is 2.75. The van der Waals surface area contributed by atoms with E-state index in [1.165, 1.54) is 5.56 Å². The first kappa shape index (κ1) is 12.5. The monoisotopic (exact) mass is 241 g/mol. The van der Waals surface area contributed by atoms with Gasteiger partial charge in [-0.1, -0.05) is 30.3 Å². The molecule has 0 atom stereocenters. The van der Waals surface area contributed by atoms with Crippen molar-refractivity contribution in [3.63, 3.8) is 0 Å². The quantitative estimate of drug-likeness (QED) is 0.829. The van der Waals surface area contributed by atoms with E-state index < -0.39 is 0 Å². The molecular formula is C16H19NO. The summed E-state index contributed by atoms with van der Waals surface area (Å²) in [6, 6.07) is 17.9. The normalized spacial score (nSPS) is 11.2. The smallest absolute Gasteiger partial charge is 0.120 e.